The van der Waals surface area contributed by atoms with Crippen molar-refractivity contribution in [2.24, 2.45) is 11.7 Å². The SMILES string of the molecule is CCOc1ccccc1C=C(CN)C1CCCCC1. The van der Waals surface area contributed by atoms with Gasteiger partial charge in [-0.05, 0) is 31.7 Å². The van der Waals surface area contributed by atoms with E-state index in [0.717, 1.165) is 11.3 Å². The van der Waals surface area contributed by atoms with Crippen LogP contribution in [0.3, 0.4) is 0 Å². The lowest BCUT2D eigenvalue weighted by Gasteiger charge is -2.24. The van der Waals surface area contributed by atoms with E-state index in [4.69, 9.17) is 10.5 Å². The molecule has 1 aliphatic rings. The van der Waals surface area contributed by atoms with Crippen molar-refractivity contribution in [3.8, 4) is 5.75 Å². The highest BCUT2D eigenvalue weighted by molar-refractivity contribution is 5.60. The number of rotatable bonds is 5. The summed E-state index contributed by atoms with van der Waals surface area (Å²) in [4.78, 5) is 0. The van der Waals surface area contributed by atoms with Crippen LogP contribution in [0.2, 0.25) is 0 Å². The van der Waals surface area contributed by atoms with Crippen molar-refractivity contribution < 1.29 is 4.74 Å². The van der Waals surface area contributed by atoms with E-state index in [1.807, 2.05) is 19.1 Å². The zero-order valence-electron chi connectivity index (χ0n) is 11.9. The molecule has 0 radical (unpaired) electrons. The third-order valence-electron chi connectivity index (χ3n) is 3.93. The molecule has 19 heavy (non-hydrogen) atoms. The number of nitrogens with two attached hydrogens (primary N) is 1. The molecule has 104 valence electrons. The molecular weight excluding hydrogens is 234 g/mol. The molecule has 2 N–H and O–H groups in total. The van der Waals surface area contributed by atoms with E-state index >= 15 is 0 Å². The standard InChI is InChI=1S/C17H25NO/c1-2-19-17-11-7-6-10-15(17)12-16(13-18)14-8-4-3-5-9-14/h6-7,10-12,14H,2-5,8-9,13,18H2,1H3. The minimum absolute atomic E-state index is 0.658. The fraction of sp³-hybridized carbons (Fsp3) is 0.529. The highest BCUT2D eigenvalue weighted by Gasteiger charge is 2.17. The highest BCUT2D eigenvalue weighted by atomic mass is 16.5. The smallest absolute Gasteiger partial charge is 0.126 e. The van der Waals surface area contributed by atoms with Gasteiger partial charge in [-0.2, -0.15) is 0 Å². The van der Waals surface area contributed by atoms with Crippen molar-refractivity contribution in [2.75, 3.05) is 13.2 Å². The van der Waals surface area contributed by atoms with E-state index in [1.54, 1.807) is 0 Å². The summed E-state index contributed by atoms with van der Waals surface area (Å²) in [6.45, 7) is 3.38. The minimum atomic E-state index is 0.658. The fourth-order valence-electron chi connectivity index (χ4n) is 2.90. The highest BCUT2D eigenvalue weighted by Crippen LogP contribution is 2.31. The van der Waals surface area contributed by atoms with E-state index in [1.165, 1.54) is 37.7 Å². The molecule has 0 heterocycles. The van der Waals surface area contributed by atoms with Gasteiger partial charge in [-0.15, -0.1) is 0 Å². The average molecular weight is 259 g/mol. The third-order valence-corrected chi connectivity index (χ3v) is 3.93. The Hall–Kier alpha value is -1.28. The summed E-state index contributed by atoms with van der Waals surface area (Å²) in [5.74, 6) is 1.64. The summed E-state index contributed by atoms with van der Waals surface area (Å²) in [5.41, 5.74) is 8.51. The lowest BCUT2D eigenvalue weighted by molar-refractivity contribution is 0.339. The van der Waals surface area contributed by atoms with Gasteiger partial charge in [0.15, 0.2) is 0 Å². The maximum absolute atomic E-state index is 5.97. The van der Waals surface area contributed by atoms with Crippen molar-refractivity contribution in [3.63, 3.8) is 0 Å². The summed E-state index contributed by atoms with van der Waals surface area (Å²) in [6.07, 6.45) is 8.90. The first-order valence-corrected chi connectivity index (χ1v) is 7.47. The van der Waals surface area contributed by atoms with E-state index in [9.17, 15) is 0 Å². The van der Waals surface area contributed by atoms with Gasteiger partial charge in [0.05, 0.1) is 6.61 Å². The lowest BCUT2D eigenvalue weighted by Crippen LogP contribution is -2.16. The van der Waals surface area contributed by atoms with Crippen molar-refractivity contribution in [2.45, 2.75) is 39.0 Å². The molecule has 1 aromatic carbocycles. The monoisotopic (exact) mass is 259 g/mol. The quantitative estimate of drug-likeness (QED) is 0.867. The Bertz CT molecular complexity index is 419. The maximum Gasteiger partial charge on any atom is 0.126 e. The molecule has 1 aromatic rings. The largest absolute Gasteiger partial charge is 0.493 e. The lowest BCUT2D eigenvalue weighted by atomic mass is 9.83. The van der Waals surface area contributed by atoms with E-state index in [-0.39, 0.29) is 0 Å². The van der Waals surface area contributed by atoms with Crippen LogP contribution in [0.4, 0.5) is 0 Å². The van der Waals surface area contributed by atoms with Crippen molar-refractivity contribution in [1.82, 2.24) is 0 Å². The first-order valence-electron chi connectivity index (χ1n) is 7.47. The Labute approximate surface area is 116 Å². The Morgan fingerprint density at radius 3 is 2.68 bits per heavy atom. The van der Waals surface area contributed by atoms with Gasteiger partial charge in [-0.3, -0.25) is 0 Å². The summed E-state index contributed by atoms with van der Waals surface area (Å²) >= 11 is 0. The molecule has 0 saturated heterocycles. The van der Waals surface area contributed by atoms with Crippen LogP contribution >= 0.6 is 0 Å². The predicted molar refractivity (Wildman–Crippen MR) is 81.2 cm³/mol. The molecule has 2 rings (SSSR count). The number of benzene rings is 1. The van der Waals surface area contributed by atoms with Crippen LogP contribution in [-0.4, -0.2) is 13.2 Å². The topological polar surface area (TPSA) is 35.2 Å². The minimum Gasteiger partial charge on any atom is -0.493 e. The van der Waals surface area contributed by atoms with Gasteiger partial charge in [-0.1, -0.05) is 49.1 Å². The molecule has 2 nitrogen and oxygen atoms in total. The second-order valence-electron chi connectivity index (χ2n) is 5.23. The van der Waals surface area contributed by atoms with E-state index in [0.29, 0.717) is 19.1 Å². The van der Waals surface area contributed by atoms with Crippen molar-refractivity contribution >= 4 is 6.08 Å². The Balaban J connectivity index is 2.21. The first kappa shape index (κ1) is 14.1. The first-order chi connectivity index (χ1) is 9.35. The number of hydrogen-bond acceptors (Lipinski definition) is 2. The van der Waals surface area contributed by atoms with Crippen molar-refractivity contribution in [3.05, 3.63) is 35.4 Å². The maximum atomic E-state index is 5.97. The van der Waals surface area contributed by atoms with E-state index < -0.39 is 0 Å². The second kappa shape index (κ2) is 7.34. The Kier molecular flexibility index (Phi) is 5.46. The predicted octanol–water partition coefficient (Wildman–Crippen LogP) is 4.01. The zero-order valence-corrected chi connectivity index (χ0v) is 11.9. The van der Waals surface area contributed by atoms with Gasteiger partial charge in [0, 0.05) is 12.1 Å². The summed E-state index contributed by atoms with van der Waals surface area (Å²) in [6, 6.07) is 8.22. The molecule has 1 aliphatic carbocycles. The van der Waals surface area contributed by atoms with Crippen LogP contribution in [0, 0.1) is 5.92 Å². The average Bonchev–Trinajstić information content (AvgIpc) is 2.47. The summed E-state index contributed by atoms with van der Waals surface area (Å²) in [7, 11) is 0. The van der Waals surface area contributed by atoms with Crippen molar-refractivity contribution in [1.29, 1.82) is 0 Å². The normalized spacial score (nSPS) is 17.5. The molecule has 1 fully saturated rings. The van der Waals surface area contributed by atoms with Gasteiger partial charge in [0.25, 0.3) is 0 Å². The van der Waals surface area contributed by atoms with Gasteiger partial charge in [0.2, 0.25) is 0 Å². The van der Waals surface area contributed by atoms with Gasteiger partial charge in [-0.25, -0.2) is 0 Å². The molecular formula is C17H25NO. The molecule has 0 unspecified atom stereocenters. The summed E-state index contributed by atoms with van der Waals surface area (Å²) < 4.78 is 5.68. The van der Waals surface area contributed by atoms with Gasteiger partial charge < -0.3 is 10.5 Å². The van der Waals surface area contributed by atoms with E-state index in [2.05, 4.69) is 18.2 Å². The number of para-hydroxylation sites is 1. The molecule has 0 amide bonds. The molecule has 0 atom stereocenters. The molecule has 0 aliphatic heterocycles. The zero-order chi connectivity index (χ0) is 13.5. The molecule has 0 bridgehead atoms. The fourth-order valence-corrected chi connectivity index (χ4v) is 2.90. The summed E-state index contributed by atoms with van der Waals surface area (Å²) in [5, 5.41) is 0. The number of ether oxygens (including phenoxy) is 1. The number of hydrogen-bond donors (Lipinski definition) is 1. The van der Waals surface area contributed by atoms with Gasteiger partial charge in [0.1, 0.15) is 5.75 Å². The second-order valence-corrected chi connectivity index (χ2v) is 5.23. The molecule has 0 aromatic heterocycles. The Morgan fingerprint density at radius 1 is 1.26 bits per heavy atom. The molecule has 2 heteroatoms. The van der Waals surface area contributed by atoms with Crippen LogP contribution in [0.1, 0.15) is 44.6 Å². The van der Waals surface area contributed by atoms with Crippen LogP contribution in [0.5, 0.6) is 5.75 Å². The van der Waals surface area contributed by atoms with Crippen LogP contribution in [0.15, 0.2) is 29.8 Å². The third kappa shape index (κ3) is 3.84. The van der Waals surface area contributed by atoms with Crippen LogP contribution in [0.25, 0.3) is 6.08 Å². The van der Waals surface area contributed by atoms with Crippen LogP contribution < -0.4 is 10.5 Å². The molecule has 1 saturated carbocycles. The van der Waals surface area contributed by atoms with Crippen LogP contribution in [-0.2, 0) is 0 Å². The molecule has 0 spiro atoms. The Morgan fingerprint density at radius 2 is 2.00 bits per heavy atom. The van der Waals surface area contributed by atoms with Gasteiger partial charge >= 0.3 is 0 Å².